The molecule has 2 aliphatic carbocycles. The van der Waals surface area contributed by atoms with Crippen molar-refractivity contribution in [3.63, 3.8) is 0 Å². The molecular weight excluding hydrogens is 402 g/mol. The summed E-state index contributed by atoms with van der Waals surface area (Å²) in [7, 11) is 0. The molecule has 0 saturated heterocycles. The molecule has 0 aliphatic heterocycles. The van der Waals surface area contributed by atoms with E-state index in [-0.39, 0.29) is 22.4 Å². The molecule has 1 saturated carbocycles. The number of nitro groups is 1. The lowest BCUT2D eigenvalue weighted by Gasteiger charge is -2.34. The van der Waals surface area contributed by atoms with Gasteiger partial charge >= 0.3 is 0 Å². The summed E-state index contributed by atoms with van der Waals surface area (Å²) in [5.41, 5.74) is 3.22. The average molecular weight is 428 g/mol. The average Bonchev–Trinajstić information content (AvgIpc) is 3.01. The van der Waals surface area contributed by atoms with Gasteiger partial charge in [-0.25, -0.2) is 4.98 Å². The van der Waals surface area contributed by atoms with Crippen molar-refractivity contribution < 1.29 is 9.72 Å². The van der Waals surface area contributed by atoms with Gasteiger partial charge in [0.1, 0.15) is 0 Å². The Morgan fingerprint density at radius 1 is 1.33 bits per heavy atom. The molecule has 9 heteroatoms. The zero-order chi connectivity index (χ0) is 21.8. The van der Waals surface area contributed by atoms with E-state index in [2.05, 4.69) is 36.3 Å². The molecule has 2 bridgehead atoms. The van der Waals surface area contributed by atoms with E-state index in [4.69, 9.17) is 4.98 Å². The number of thioether (sulfide) groups is 1. The van der Waals surface area contributed by atoms with Crippen molar-refractivity contribution in [3.05, 3.63) is 45.3 Å². The number of hydrogen-bond donors (Lipinski definition) is 1. The van der Waals surface area contributed by atoms with Crippen LogP contribution in [0.25, 0.3) is 0 Å². The first-order valence-corrected chi connectivity index (χ1v) is 10.9. The van der Waals surface area contributed by atoms with Crippen molar-refractivity contribution in [1.82, 2.24) is 15.2 Å². The third kappa shape index (κ3) is 3.07. The van der Waals surface area contributed by atoms with Crippen molar-refractivity contribution in [3.8, 4) is 0 Å². The molecule has 1 aromatic carbocycles. The molecule has 8 nitrogen and oxygen atoms in total. The number of rotatable bonds is 5. The van der Waals surface area contributed by atoms with Gasteiger partial charge in [-0.1, -0.05) is 38.6 Å². The molecule has 2 aromatic rings. The van der Waals surface area contributed by atoms with E-state index in [0.717, 1.165) is 29.8 Å². The highest BCUT2D eigenvalue weighted by Gasteiger charge is 2.61. The number of nitrogens with one attached hydrogen (secondary N) is 1. The van der Waals surface area contributed by atoms with E-state index in [0.29, 0.717) is 16.8 Å². The number of non-ortho nitro benzene ring substituents is 1. The Bertz CT molecular complexity index is 1060. The highest BCUT2D eigenvalue weighted by Crippen LogP contribution is 2.66. The van der Waals surface area contributed by atoms with Crippen LogP contribution in [-0.2, 0) is 10.2 Å². The van der Waals surface area contributed by atoms with Crippen molar-refractivity contribution in [2.24, 2.45) is 5.41 Å². The van der Waals surface area contributed by atoms with Crippen LogP contribution in [-0.4, -0.2) is 31.3 Å². The molecule has 1 heterocycles. The van der Waals surface area contributed by atoms with Gasteiger partial charge in [-0.05, 0) is 37.7 Å². The van der Waals surface area contributed by atoms with Crippen LogP contribution in [0.4, 0.5) is 11.4 Å². The minimum absolute atomic E-state index is 0.0240. The fourth-order valence-corrected chi connectivity index (χ4v) is 5.43. The number of aryl methyl sites for hydroxylation is 1. The molecule has 1 amide bonds. The first-order chi connectivity index (χ1) is 14.0. The van der Waals surface area contributed by atoms with E-state index in [9.17, 15) is 14.9 Å². The molecule has 30 heavy (non-hydrogen) atoms. The number of carbonyl (C=O) groups excluding carboxylic acids is 1. The number of carbonyl (C=O) groups is 1. The molecule has 0 radical (unpaired) electrons. The number of hydrogen-bond acceptors (Lipinski definition) is 7. The molecule has 2 aliphatic rings. The molecule has 4 rings (SSSR count). The second kappa shape index (κ2) is 7.01. The second-order valence-electron chi connectivity index (χ2n) is 8.98. The van der Waals surface area contributed by atoms with E-state index in [1.54, 1.807) is 19.9 Å². The fourth-order valence-electron chi connectivity index (χ4n) is 4.72. The lowest BCUT2D eigenvalue weighted by molar-refractivity contribution is -0.384. The van der Waals surface area contributed by atoms with Crippen LogP contribution in [0.1, 0.15) is 63.4 Å². The Hall–Kier alpha value is -2.55. The minimum atomic E-state index is -0.483. The predicted molar refractivity (Wildman–Crippen MR) is 115 cm³/mol. The lowest BCUT2D eigenvalue weighted by Crippen LogP contribution is -2.32. The van der Waals surface area contributed by atoms with Gasteiger partial charge in [0.25, 0.3) is 5.69 Å². The molecule has 0 spiro atoms. The van der Waals surface area contributed by atoms with Crippen LogP contribution in [0.2, 0.25) is 0 Å². The Morgan fingerprint density at radius 2 is 2.07 bits per heavy atom. The number of benzene rings is 1. The highest BCUT2D eigenvalue weighted by atomic mass is 32.2. The van der Waals surface area contributed by atoms with Crippen LogP contribution in [0.3, 0.4) is 0 Å². The summed E-state index contributed by atoms with van der Waals surface area (Å²) < 4.78 is 0. The predicted octanol–water partition coefficient (Wildman–Crippen LogP) is 4.38. The van der Waals surface area contributed by atoms with E-state index in [1.165, 1.54) is 23.9 Å². The molecule has 158 valence electrons. The van der Waals surface area contributed by atoms with Gasteiger partial charge in [0.05, 0.1) is 27.2 Å². The van der Waals surface area contributed by atoms with Crippen LogP contribution in [0, 0.1) is 22.5 Å². The van der Waals surface area contributed by atoms with Gasteiger partial charge in [-0.2, -0.15) is 5.10 Å². The Kier molecular flexibility index (Phi) is 4.84. The minimum Gasteiger partial charge on any atom is -0.325 e. The zero-order valence-corrected chi connectivity index (χ0v) is 18.5. The van der Waals surface area contributed by atoms with Gasteiger partial charge in [-0.15, -0.1) is 5.10 Å². The normalized spacial score (nSPS) is 24.4. The van der Waals surface area contributed by atoms with Crippen LogP contribution in [0.5, 0.6) is 0 Å². The summed E-state index contributed by atoms with van der Waals surface area (Å²) in [5, 5.41) is 22.6. The summed E-state index contributed by atoms with van der Waals surface area (Å²) >= 11 is 1.25. The molecule has 1 fully saturated rings. The maximum Gasteiger partial charge on any atom is 0.271 e. The third-order valence-corrected chi connectivity index (χ3v) is 8.06. The molecular formula is C21H25N5O3S. The number of aromatic nitrogens is 3. The summed E-state index contributed by atoms with van der Waals surface area (Å²) in [6.45, 7) is 10.4. The first kappa shape index (κ1) is 20.7. The molecule has 1 N–H and O–H groups in total. The van der Waals surface area contributed by atoms with Crippen molar-refractivity contribution in [2.45, 2.75) is 69.2 Å². The number of fused-ring (bicyclic) bond motifs is 5. The Morgan fingerprint density at radius 3 is 2.77 bits per heavy atom. The fraction of sp³-hybridized carbons (Fsp3) is 0.524. The van der Waals surface area contributed by atoms with Gasteiger partial charge in [0.15, 0.2) is 0 Å². The summed E-state index contributed by atoms with van der Waals surface area (Å²) in [4.78, 5) is 28.0. The monoisotopic (exact) mass is 427 g/mol. The van der Waals surface area contributed by atoms with Gasteiger partial charge in [-0.3, -0.25) is 14.9 Å². The van der Waals surface area contributed by atoms with E-state index < -0.39 is 10.2 Å². The zero-order valence-electron chi connectivity index (χ0n) is 17.7. The Balaban J connectivity index is 1.51. The first-order valence-electron chi connectivity index (χ1n) is 10.0. The number of nitro benzene ring substituents is 1. The van der Waals surface area contributed by atoms with Crippen molar-refractivity contribution in [2.75, 3.05) is 5.32 Å². The maximum absolute atomic E-state index is 12.7. The largest absolute Gasteiger partial charge is 0.325 e. The number of nitrogens with zero attached hydrogens (tertiary/aromatic N) is 4. The lowest BCUT2D eigenvalue weighted by atomic mass is 9.70. The highest BCUT2D eigenvalue weighted by molar-refractivity contribution is 8.00. The number of anilines is 1. The molecule has 1 aromatic heterocycles. The topological polar surface area (TPSA) is 111 Å². The summed E-state index contributed by atoms with van der Waals surface area (Å²) in [5.74, 6) is 0.120. The van der Waals surface area contributed by atoms with Crippen LogP contribution in [0.15, 0.2) is 23.4 Å². The van der Waals surface area contributed by atoms with E-state index >= 15 is 0 Å². The molecule has 0 unspecified atom stereocenters. The van der Waals surface area contributed by atoms with Gasteiger partial charge < -0.3 is 5.32 Å². The standard InChI is InChI=1S/C21H25N5O3S/c1-11-6-7-13(26(28)29)10-15(11)22-18(27)12(2)30-19-23-17-16(24-25-19)14-8-9-21(17,5)20(14,3)4/h6-7,10,12,14H,8-9H2,1-5H3,(H,22,27)/t12-,14+,21-/m1/s1. The maximum atomic E-state index is 12.7. The summed E-state index contributed by atoms with van der Waals surface area (Å²) in [6, 6.07) is 4.41. The SMILES string of the molecule is Cc1ccc([N+](=O)[O-])cc1NC(=O)[C@@H](C)Sc1nnc2c(n1)[C@@]1(C)CC[C@@H]2C1(C)C. The van der Waals surface area contributed by atoms with E-state index in [1.807, 2.05) is 0 Å². The van der Waals surface area contributed by atoms with Crippen molar-refractivity contribution in [1.29, 1.82) is 0 Å². The molecule has 3 atom stereocenters. The number of amides is 1. The smallest absolute Gasteiger partial charge is 0.271 e. The second-order valence-corrected chi connectivity index (χ2v) is 10.3. The quantitative estimate of drug-likeness (QED) is 0.428. The van der Waals surface area contributed by atoms with Gasteiger partial charge in [0, 0.05) is 23.5 Å². The van der Waals surface area contributed by atoms with Gasteiger partial charge in [0.2, 0.25) is 11.1 Å². The van der Waals surface area contributed by atoms with Crippen LogP contribution < -0.4 is 5.32 Å². The Labute approximate surface area is 179 Å². The summed E-state index contributed by atoms with van der Waals surface area (Å²) in [6.07, 6.45) is 2.20. The third-order valence-electron chi connectivity index (χ3n) is 7.11. The van der Waals surface area contributed by atoms with Crippen LogP contribution >= 0.6 is 11.8 Å². The van der Waals surface area contributed by atoms with Crippen molar-refractivity contribution >= 4 is 29.0 Å².